The number of aromatic nitrogens is 2. The number of rotatable bonds is 13. The third-order valence-corrected chi connectivity index (χ3v) is 8.81. The molecule has 1 N–H and O–H groups in total. The van der Waals surface area contributed by atoms with Crippen LogP contribution in [-0.2, 0) is 25.0 Å². The van der Waals surface area contributed by atoms with Crippen molar-refractivity contribution < 1.29 is 42.1 Å². The number of ether oxygens (including phenoxy) is 4. The van der Waals surface area contributed by atoms with Crippen LogP contribution in [0, 0.1) is 17.3 Å². The number of esters is 1. The highest BCUT2D eigenvalue weighted by atomic mass is 19.3. The summed E-state index contributed by atoms with van der Waals surface area (Å²) in [7, 11) is 1.47. The van der Waals surface area contributed by atoms with E-state index in [0.717, 1.165) is 6.08 Å². The smallest absolute Gasteiger partial charge is 0.408 e. The van der Waals surface area contributed by atoms with Gasteiger partial charge in [0.2, 0.25) is 11.8 Å². The van der Waals surface area contributed by atoms with E-state index in [1.54, 1.807) is 59.8 Å². The van der Waals surface area contributed by atoms with E-state index in [9.17, 15) is 14.4 Å². The lowest BCUT2D eigenvalue weighted by atomic mass is 9.85. The molecule has 11 nitrogen and oxygen atoms in total. The van der Waals surface area contributed by atoms with E-state index < -0.39 is 77.0 Å². The van der Waals surface area contributed by atoms with E-state index in [2.05, 4.69) is 28.4 Å². The Morgan fingerprint density at radius 1 is 1.06 bits per heavy atom. The van der Waals surface area contributed by atoms with Crippen molar-refractivity contribution in [3.8, 4) is 11.6 Å². The van der Waals surface area contributed by atoms with Crippen molar-refractivity contribution in [2.24, 2.45) is 17.3 Å². The lowest BCUT2D eigenvalue weighted by Gasteiger charge is -2.36. The molecule has 2 fully saturated rings. The molecule has 4 rings (SSSR count). The van der Waals surface area contributed by atoms with Crippen molar-refractivity contribution in [3.63, 3.8) is 0 Å². The van der Waals surface area contributed by atoms with Gasteiger partial charge >= 0.3 is 12.1 Å². The summed E-state index contributed by atoms with van der Waals surface area (Å²) in [5.74, 6) is -5.26. The summed E-state index contributed by atoms with van der Waals surface area (Å²) in [5.41, 5.74) is -1.96. The molecule has 13 heteroatoms. The molecule has 0 spiro atoms. The maximum atomic E-state index is 15.6. The van der Waals surface area contributed by atoms with E-state index >= 15 is 8.78 Å². The minimum atomic E-state index is -3.49. The quantitative estimate of drug-likeness (QED) is 0.179. The number of carbonyl (C=O) groups is 3. The number of alkyl halides is 2. The number of nitrogens with one attached hydrogen (secondary N) is 1. The fourth-order valence-electron chi connectivity index (χ4n) is 6.20. The number of halogens is 2. The van der Waals surface area contributed by atoms with Crippen LogP contribution >= 0.6 is 0 Å². The molecule has 1 aliphatic heterocycles. The molecule has 2 aromatic rings. The fourth-order valence-corrected chi connectivity index (χ4v) is 6.20. The van der Waals surface area contributed by atoms with E-state index in [4.69, 9.17) is 18.9 Å². The van der Waals surface area contributed by atoms with E-state index in [1.807, 2.05) is 6.92 Å². The summed E-state index contributed by atoms with van der Waals surface area (Å²) in [6.45, 7) is 19.3. The summed E-state index contributed by atoms with van der Waals surface area (Å²) in [6, 6.07) is 2.38. The number of amides is 2. The number of fused-ring (bicyclic) bond motifs is 1. The number of carbonyl (C=O) groups excluding carboxylic acids is 3. The molecule has 0 radical (unpaired) electrons. The van der Waals surface area contributed by atoms with Gasteiger partial charge in [0, 0.05) is 24.3 Å². The number of likely N-dealkylation sites (tertiary alicyclic amines) is 1. The van der Waals surface area contributed by atoms with Gasteiger partial charge in [-0.05, 0) is 57.6 Å². The Morgan fingerprint density at radius 3 is 2.34 bits per heavy atom. The largest absolute Gasteiger partial charge is 0.497 e. The van der Waals surface area contributed by atoms with Crippen LogP contribution in [0.1, 0.15) is 79.8 Å². The zero-order valence-corrected chi connectivity index (χ0v) is 30.3. The Kier molecular flexibility index (Phi) is 11.5. The van der Waals surface area contributed by atoms with Gasteiger partial charge in [-0.3, -0.25) is 4.79 Å². The van der Waals surface area contributed by atoms with Crippen molar-refractivity contribution in [1.82, 2.24) is 20.2 Å². The lowest BCUT2D eigenvalue weighted by Crippen LogP contribution is -2.58. The predicted octanol–water partition coefficient (Wildman–Crippen LogP) is 6.74. The molecule has 2 amide bonds. The first-order valence-corrected chi connectivity index (χ1v) is 17.0. The van der Waals surface area contributed by atoms with E-state index in [1.165, 1.54) is 18.1 Å². The lowest BCUT2D eigenvalue weighted by molar-refractivity contribution is -0.165. The van der Waals surface area contributed by atoms with Gasteiger partial charge in [-0.1, -0.05) is 39.8 Å². The molecule has 1 saturated carbocycles. The summed E-state index contributed by atoms with van der Waals surface area (Å²) >= 11 is 0. The summed E-state index contributed by atoms with van der Waals surface area (Å²) in [6.07, 6.45) is 1.85. The first-order valence-electron chi connectivity index (χ1n) is 17.0. The van der Waals surface area contributed by atoms with Crippen LogP contribution < -0.4 is 14.8 Å². The average Bonchev–Trinajstić information content (AvgIpc) is 3.63. The molecule has 1 aliphatic carbocycles. The highest BCUT2D eigenvalue weighted by Crippen LogP contribution is 2.41. The number of alkyl carbamates (subject to hydrolysis) is 1. The Labute approximate surface area is 292 Å². The van der Waals surface area contributed by atoms with Gasteiger partial charge in [0.05, 0.1) is 24.7 Å². The van der Waals surface area contributed by atoms with Gasteiger partial charge in [-0.15, -0.1) is 13.2 Å². The number of allylic oxidation sites excluding steroid dienone is 2. The SMILES string of the molecule is C=CC[C@@H]1C[C@H]1OC(=O)N[C@H](C(=O)N1C[C@H](Oc2nc3cc(OC)ccc3nc2C(F)(F)CC=C)[C@@H](CC)[C@H]1C(=O)OC(C)(C)C)C(C)(C)C. The van der Waals surface area contributed by atoms with E-state index in [-0.39, 0.29) is 29.6 Å². The Morgan fingerprint density at radius 2 is 1.76 bits per heavy atom. The third kappa shape index (κ3) is 8.89. The zero-order valence-electron chi connectivity index (χ0n) is 30.3. The van der Waals surface area contributed by atoms with Gasteiger partial charge in [0.1, 0.15) is 35.6 Å². The second kappa shape index (κ2) is 14.9. The van der Waals surface area contributed by atoms with Gasteiger partial charge < -0.3 is 29.2 Å². The summed E-state index contributed by atoms with van der Waals surface area (Å²) < 4.78 is 54.1. The Hall–Kier alpha value is -4.29. The molecular formula is C37H50F2N4O7. The van der Waals surface area contributed by atoms with Crippen LogP contribution in [0.2, 0.25) is 0 Å². The van der Waals surface area contributed by atoms with Crippen molar-refractivity contribution in [1.29, 1.82) is 0 Å². The highest BCUT2D eigenvalue weighted by molar-refractivity contribution is 5.91. The second-order valence-electron chi connectivity index (χ2n) is 15.0. The van der Waals surface area contributed by atoms with Crippen molar-refractivity contribution in [2.75, 3.05) is 13.7 Å². The Bertz CT molecular complexity index is 1600. The van der Waals surface area contributed by atoms with Crippen LogP contribution in [0.15, 0.2) is 43.5 Å². The average molecular weight is 701 g/mol. The molecule has 6 atom stereocenters. The number of methoxy groups -OCH3 is 1. The molecular weight excluding hydrogens is 650 g/mol. The first kappa shape index (κ1) is 38.5. The second-order valence-corrected chi connectivity index (χ2v) is 15.0. The number of nitrogens with zero attached hydrogens (tertiary/aromatic N) is 3. The van der Waals surface area contributed by atoms with Crippen molar-refractivity contribution in [3.05, 3.63) is 49.2 Å². The van der Waals surface area contributed by atoms with E-state index in [0.29, 0.717) is 25.0 Å². The van der Waals surface area contributed by atoms with Crippen LogP contribution in [-0.4, -0.2) is 76.4 Å². The summed E-state index contributed by atoms with van der Waals surface area (Å²) in [5, 5.41) is 2.73. The van der Waals surface area contributed by atoms with Gasteiger partial charge in [-0.25, -0.2) is 19.6 Å². The van der Waals surface area contributed by atoms with Crippen molar-refractivity contribution in [2.45, 2.75) is 110 Å². The standard InChI is InChI=1S/C37H50F2N4O7/c1-11-14-21-18-26(21)49-34(46)42-30(35(4,5)6)32(44)43-20-27(23(13-3)28(43)33(45)50-36(7,8)9)48-31-29(37(38,39)17-12-2)40-24-16-15-22(47-10)19-25(24)41-31/h11-12,15-16,19,21,23,26-28,30H,1-2,13-14,17-18,20H2,3-10H3,(H,42,46)/t21-,23-,26-,27+,28+,30-/m1/s1. The normalized spacial score (nSPS) is 22.8. The van der Waals surface area contributed by atoms with Gasteiger partial charge in [-0.2, -0.15) is 8.78 Å². The molecule has 0 unspecified atom stereocenters. The van der Waals surface area contributed by atoms with Crippen LogP contribution in [0.3, 0.4) is 0 Å². The molecule has 274 valence electrons. The van der Waals surface area contributed by atoms with Gasteiger partial charge in [0.15, 0.2) is 5.69 Å². The monoisotopic (exact) mass is 700 g/mol. The maximum absolute atomic E-state index is 15.6. The topological polar surface area (TPSA) is 129 Å². The molecule has 2 aliphatic rings. The molecule has 1 aromatic carbocycles. The fraction of sp³-hybridized carbons (Fsp3) is 0.595. The third-order valence-electron chi connectivity index (χ3n) is 8.81. The minimum absolute atomic E-state index is 0.182. The minimum Gasteiger partial charge on any atom is -0.497 e. The predicted molar refractivity (Wildman–Crippen MR) is 184 cm³/mol. The Balaban J connectivity index is 1.74. The highest BCUT2D eigenvalue weighted by Gasteiger charge is 2.53. The van der Waals surface area contributed by atoms with Crippen LogP contribution in [0.4, 0.5) is 13.6 Å². The number of benzene rings is 1. The molecule has 0 bridgehead atoms. The molecule has 1 saturated heterocycles. The van der Waals surface area contributed by atoms with Crippen molar-refractivity contribution >= 4 is 29.0 Å². The molecule has 2 heterocycles. The van der Waals surface area contributed by atoms with Crippen LogP contribution in [0.5, 0.6) is 11.6 Å². The summed E-state index contributed by atoms with van der Waals surface area (Å²) in [4.78, 5) is 51.4. The van der Waals surface area contributed by atoms with Crippen LogP contribution in [0.25, 0.3) is 11.0 Å². The first-order chi connectivity index (χ1) is 23.3. The maximum Gasteiger partial charge on any atom is 0.408 e. The number of hydrogen-bond acceptors (Lipinski definition) is 9. The molecule has 1 aromatic heterocycles. The molecule has 50 heavy (non-hydrogen) atoms. The van der Waals surface area contributed by atoms with Gasteiger partial charge in [0.25, 0.3) is 5.92 Å². The number of hydrogen-bond donors (Lipinski definition) is 1. The zero-order chi connectivity index (χ0) is 37.2.